The third kappa shape index (κ3) is 4.88. The lowest BCUT2D eigenvalue weighted by molar-refractivity contribution is 0.181. The zero-order valence-corrected chi connectivity index (χ0v) is 19.9. The van der Waals surface area contributed by atoms with Crippen LogP contribution >= 0.6 is 0 Å². The Morgan fingerprint density at radius 2 is 1.97 bits per heavy atom. The van der Waals surface area contributed by atoms with Crippen molar-refractivity contribution in [1.29, 1.82) is 0 Å². The molecular formula is C27H35N3O2. The summed E-state index contributed by atoms with van der Waals surface area (Å²) in [6, 6.07) is 12.0. The molecule has 1 fully saturated rings. The molecule has 1 aromatic heterocycles. The van der Waals surface area contributed by atoms with Crippen molar-refractivity contribution in [3.63, 3.8) is 0 Å². The first-order valence-electron chi connectivity index (χ1n) is 11.9. The van der Waals surface area contributed by atoms with Crippen LogP contribution in [0.2, 0.25) is 0 Å². The highest BCUT2D eigenvalue weighted by atomic mass is 16.5. The van der Waals surface area contributed by atoms with E-state index < -0.39 is 0 Å². The van der Waals surface area contributed by atoms with Crippen molar-refractivity contribution in [2.24, 2.45) is 5.92 Å². The molecule has 0 amide bonds. The van der Waals surface area contributed by atoms with Crippen LogP contribution in [0.3, 0.4) is 0 Å². The Balaban J connectivity index is 1.51. The number of unbranched alkanes of at least 4 members (excludes halogenated alkanes) is 1. The zero-order valence-electron chi connectivity index (χ0n) is 19.9. The molecule has 0 bridgehead atoms. The minimum atomic E-state index is -0.0574. The Morgan fingerprint density at radius 1 is 1.12 bits per heavy atom. The maximum atomic E-state index is 13.3. The number of hydrogen-bond acceptors (Lipinski definition) is 4. The maximum Gasteiger partial charge on any atom is 0.266 e. The fraction of sp³-hybridized carbons (Fsp3) is 0.481. The van der Waals surface area contributed by atoms with Crippen LogP contribution in [-0.4, -0.2) is 41.2 Å². The van der Waals surface area contributed by atoms with Gasteiger partial charge in [-0.15, -0.1) is 0 Å². The minimum Gasteiger partial charge on any atom is -0.495 e. The van der Waals surface area contributed by atoms with E-state index in [2.05, 4.69) is 28.9 Å². The average molecular weight is 434 g/mol. The molecule has 0 unspecified atom stereocenters. The summed E-state index contributed by atoms with van der Waals surface area (Å²) in [7, 11) is 1.67. The average Bonchev–Trinajstić information content (AvgIpc) is 2.78. The van der Waals surface area contributed by atoms with Crippen LogP contribution in [0, 0.1) is 19.8 Å². The van der Waals surface area contributed by atoms with Gasteiger partial charge in [-0.25, -0.2) is 4.98 Å². The molecule has 0 saturated carbocycles. The van der Waals surface area contributed by atoms with Gasteiger partial charge in [-0.1, -0.05) is 24.6 Å². The predicted molar refractivity (Wildman–Crippen MR) is 131 cm³/mol. The molecule has 32 heavy (non-hydrogen) atoms. The number of fused-ring (bicyclic) bond motifs is 1. The number of benzene rings is 2. The molecule has 1 atom stereocenters. The van der Waals surface area contributed by atoms with E-state index in [0.29, 0.717) is 17.0 Å². The highest BCUT2D eigenvalue weighted by Gasteiger charge is 2.16. The van der Waals surface area contributed by atoms with Crippen LogP contribution in [0.15, 0.2) is 41.2 Å². The normalized spacial score (nSPS) is 17.1. The monoisotopic (exact) mass is 433 g/mol. The fourth-order valence-corrected chi connectivity index (χ4v) is 4.91. The molecule has 5 nitrogen and oxygen atoms in total. The molecule has 1 saturated heterocycles. The molecule has 2 heterocycles. The second-order valence-corrected chi connectivity index (χ2v) is 9.33. The Morgan fingerprint density at radius 3 is 2.75 bits per heavy atom. The number of aryl methyl sites for hydroxylation is 3. The highest BCUT2D eigenvalue weighted by Crippen LogP contribution is 2.26. The third-order valence-corrected chi connectivity index (χ3v) is 6.61. The second-order valence-electron chi connectivity index (χ2n) is 9.33. The first-order chi connectivity index (χ1) is 15.5. The second kappa shape index (κ2) is 9.86. The van der Waals surface area contributed by atoms with E-state index in [4.69, 9.17) is 4.74 Å². The lowest BCUT2D eigenvalue weighted by Gasteiger charge is -2.30. The zero-order chi connectivity index (χ0) is 22.7. The molecule has 170 valence electrons. The lowest BCUT2D eigenvalue weighted by Crippen LogP contribution is -2.34. The number of likely N-dealkylation sites (tertiary alicyclic amines) is 1. The summed E-state index contributed by atoms with van der Waals surface area (Å²) in [6.07, 6.45) is 6.09. The fourth-order valence-electron chi connectivity index (χ4n) is 4.91. The SMILES string of the molecule is COc1cc(CCCCN2CCC[C@H](C)C2)ccc1-n1c(C)nc2ccc(C)cc2c1=O. The summed E-state index contributed by atoms with van der Waals surface area (Å²) in [5.74, 6) is 2.21. The standard InChI is InChI=1S/C27H35N3O2/c1-19-10-12-24-23(16-19)27(31)30(21(3)28-24)25-13-11-22(17-26(25)32-4)9-5-6-14-29-15-7-8-20(2)18-29/h10-13,16-17,20H,5-9,14-15,18H2,1-4H3/t20-/m0/s1. The van der Waals surface area contributed by atoms with Gasteiger partial charge in [0.25, 0.3) is 5.56 Å². The van der Waals surface area contributed by atoms with Gasteiger partial charge in [0.15, 0.2) is 0 Å². The summed E-state index contributed by atoms with van der Waals surface area (Å²) in [6.45, 7) is 9.91. The van der Waals surface area contributed by atoms with E-state index in [0.717, 1.165) is 35.5 Å². The van der Waals surface area contributed by atoms with Gasteiger partial charge >= 0.3 is 0 Å². The van der Waals surface area contributed by atoms with E-state index in [9.17, 15) is 4.79 Å². The van der Waals surface area contributed by atoms with Crippen LogP contribution in [-0.2, 0) is 6.42 Å². The van der Waals surface area contributed by atoms with Crippen LogP contribution in [0.4, 0.5) is 0 Å². The lowest BCUT2D eigenvalue weighted by atomic mass is 10.00. The van der Waals surface area contributed by atoms with Crippen molar-refractivity contribution < 1.29 is 4.74 Å². The van der Waals surface area contributed by atoms with Gasteiger partial charge in [0.2, 0.25) is 0 Å². The van der Waals surface area contributed by atoms with Crippen LogP contribution in [0.5, 0.6) is 5.75 Å². The van der Waals surface area contributed by atoms with Gasteiger partial charge in [0.05, 0.1) is 23.7 Å². The first-order valence-corrected chi connectivity index (χ1v) is 11.9. The van der Waals surface area contributed by atoms with Crippen LogP contribution in [0.1, 0.15) is 49.6 Å². The molecule has 3 aromatic rings. The largest absolute Gasteiger partial charge is 0.495 e. The van der Waals surface area contributed by atoms with Crippen molar-refractivity contribution in [2.75, 3.05) is 26.7 Å². The number of rotatable bonds is 7. The molecule has 2 aromatic carbocycles. The predicted octanol–water partition coefficient (Wildman–Crippen LogP) is 5.07. The van der Waals surface area contributed by atoms with Crippen molar-refractivity contribution in [3.8, 4) is 11.4 Å². The molecule has 0 aliphatic carbocycles. The van der Waals surface area contributed by atoms with E-state index in [-0.39, 0.29) is 5.56 Å². The smallest absolute Gasteiger partial charge is 0.266 e. The third-order valence-electron chi connectivity index (χ3n) is 6.61. The molecule has 0 spiro atoms. The molecule has 4 rings (SSSR count). The number of piperidine rings is 1. The van der Waals surface area contributed by atoms with Gasteiger partial charge in [-0.2, -0.15) is 0 Å². The van der Waals surface area contributed by atoms with Gasteiger partial charge in [-0.05, 0) is 94.8 Å². The Bertz CT molecular complexity index is 1150. The van der Waals surface area contributed by atoms with Crippen molar-refractivity contribution in [1.82, 2.24) is 14.5 Å². The van der Waals surface area contributed by atoms with Crippen molar-refractivity contribution >= 4 is 10.9 Å². The Kier molecular flexibility index (Phi) is 6.95. The molecular weight excluding hydrogens is 398 g/mol. The quantitative estimate of drug-likeness (QED) is 0.488. The highest BCUT2D eigenvalue weighted by molar-refractivity contribution is 5.79. The molecule has 5 heteroatoms. The van der Waals surface area contributed by atoms with E-state index >= 15 is 0 Å². The molecule has 1 aliphatic heterocycles. The van der Waals surface area contributed by atoms with E-state index in [1.807, 2.05) is 38.1 Å². The summed E-state index contributed by atoms with van der Waals surface area (Å²) in [5.41, 5.74) is 3.71. The van der Waals surface area contributed by atoms with Crippen molar-refractivity contribution in [3.05, 3.63) is 63.7 Å². The minimum absolute atomic E-state index is 0.0574. The molecule has 1 aliphatic rings. The Labute approximate surface area is 191 Å². The molecule has 0 N–H and O–H groups in total. The van der Waals surface area contributed by atoms with E-state index in [1.54, 1.807) is 11.7 Å². The number of methoxy groups -OCH3 is 1. The topological polar surface area (TPSA) is 47.4 Å². The summed E-state index contributed by atoms with van der Waals surface area (Å²) in [4.78, 5) is 20.6. The number of ether oxygens (including phenoxy) is 1. The summed E-state index contributed by atoms with van der Waals surface area (Å²) in [5, 5.41) is 0.633. The van der Waals surface area contributed by atoms with Crippen molar-refractivity contribution in [2.45, 2.75) is 52.9 Å². The van der Waals surface area contributed by atoms with Gasteiger partial charge in [-0.3, -0.25) is 9.36 Å². The van der Waals surface area contributed by atoms with E-state index in [1.165, 1.54) is 44.5 Å². The molecule has 0 radical (unpaired) electrons. The van der Waals surface area contributed by atoms with Gasteiger partial charge in [0.1, 0.15) is 11.6 Å². The van der Waals surface area contributed by atoms with Crippen LogP contribution < -0.4 is 10.3 Å². The summed E-state index contributed by atoms with van der Waals surface area (Å²) < 4.78 is 7.37. The summed E-state index contributed by atoms with van der Waals surface area (Å²) >= 11 is 0. The number of hydrogen-bond donors (Lipinski definition) is 0. The van der Waals surface area contributed by atoms with Gasteiger partial charge in [0, 0.05) is 6.54 Å². The first kappa shape index (κ1) is 22.5. The maximum absolute atomic E-state index is 13.3. The number of aromatic nitrogens is 2. The van der Waals surface area contributed by atoms with Crippen LogP contribution in [0.25, 0.3) is 16.6 Å². The number of nitrogens with zero attached hydrogens (tertiary/aromatic N) is 3. The Hall–Kier alpha value is -2.66. The van der Waals surface area contributed by atoms with Gasteiger partial charge < -0.3 is 9.64 Å².